The first-order valence-electron chi connectivity index (χ1n) is 34.9. The van der Waals surface area contributed by atoms with E-state index in [1.54, 1.807) is 19.1 Å². The van der Waals surface area contributed by atoms with Crippen molar-refractivity contribution in [3.8, 4) is 5.75 Å². The van der Waals surface area contributed by atoms with Gasteiger partial charge in [-0.25, -0.2) is 38.4 Å². The molecule has 0 aromatic heterocycles. The second-order valence-electron chi connectivity index (χ2n) is 24.6. The number of hydrogen-bond acceptors (Lipinski definition) is 14. The number of hydrogen-bond donors (Lipinski definition) is 12. The van der Waals surface area contributed by atoms with E-state index in [4.69, 9.17) is 148 Å². The van der Waals surface area contributed by atoms with Crippen LogP contribution in [-0.4, -0.2) is 180 Å². The first-order chi connectivity index (χ1) is 49.3. The number of carbonyl (C=O) groups excluding carboxylic acids is 1. The number of aromatic carboxylic acids is 1. The largest absolute Gasteiger partial charge is 2.00 e. The standard InChI is InChI=1S/C13H18O2.C9H8O4.3C8H16O2.3C6H12N2.C2H2Cl2O2.3C2H2O4.3Pt/c1-9(2)8-11-4-6-12(7-5-11)10(3)13(14)15;1-6(10)13-8-5-3-2-4-7(8)9(11)12;3*1-3-5-7(6-4-2)8(9)10;3*7-5-3-1-2-4-6(5)8;4*3-1(4)2(5)6;;;/h4-7,9-10H,8H2,1-3H3,(H,14,15);2-5H,1H3,(H,11,12);3*7H,3-6H2,1-2H3,(H,9,10);3*5-8H,1-4H2;1H,(H,5,6);3*(H,3,4)(H,5,6);;;/q;;;;;3*-2;;;;;3*+2. The van der Waals surface area contributed by atoms with Crippen LogP contribution in [0, 0.1) is 23.7 Å². The maximum Gasteiger partial charge on any atom is 2.00 e. The molecule has 32 nitrogen and oxygen atoms in total. The molecule has 0 amide bonds. The van der Waals surface area contributed by atoms with Gasteiger partial charge >= 0.3 is 141 Å². The topological polar surface area (TPSA) is 617 Å². The molecule has 2 aromatic carbocycles. The zero-order valence-corrected chi connectivity index (χ0v) is 71.8. The SMILES string of the molecule is CC(=O)Oc1ccccc1C(=O)O.CC(C)Cc1ccc(C(C)C(=O)O)cc1.CCCC(CCC)C(=O)O.CCCC(CCC)C(=O)O.CCCC(CCC)C(=O)O.O=C(O)C(=O)O.O=C(O)C(=O)O.O=C(O)C(=O)O.O=C(O)C(Cl)Cl.[NH-]C1CCCCC1[NH-].[NH-]C1CCCCC1[NH-].[NH-]C1CCCCC1[NH-].[Pt+2].[Pt+2].[Pt+2]. The molecule has 7 unspecified atom stereocenters. The van der Waals surface area contributed by atoms with E-state index in [1.165, 1.54) is 63.1 Å². The summed E-state index contributed by atoms with van der Waals surface area (Å²) in [7, 11) is 0. The summed E-state index contributed by atoms with van der Waals surface area (Å²) in [5.74, 6) is -16.5. The molecule has 109 heavy (non-hydrogen) atoms. The Morgan fingerprint density at radius 3 is 0.771 bits per heavy atom. The Bertz CT molecular complexity index is 2550. The molecular weight excluding hydrogens is 2020 g/mol. The van der Waals surface area contributed by atoms with E-state index in [2.05, 4.69) is 18.6 Å². The number of carboxylic acid groups (broad SMARTS) is 12. The predicted molar refractivity (Wildman–Crippen MR) is 402 cm³/mol. The van der Waals surface area contributed by atoms with Crippen molar-refractivity contribution in [1.82, 2.24) is 0 Å². The Morgan fingerprint density at radius 1 is 0.385 bits per heavy atom. The maximum absolute atomic E-state index is 10.8. The first-order valence-corrected chi connectivity index (χ1v) is 35.8. The van der Waals surface area contributed by atoms with E-state index in [0.29, 0.717) is 5.92 Å². The summed E-state index contributed by atoms with van der Waals surface area (Å²) in [6, 6.07) is 13.4. The molecular formula is C72H118Cl2N6O26Pt3. The van der Waals surface area contributed by atoms with Gasteiger partial charge in [0.2, 0.25) is 4.84 Å². The third-order valence-electron chi connectivity index (χ3n) is 14.8. The number of rotatable bonds is 22. The number of ether oxygens (including phenoxy) is 1. The van der Waals surface area contributed by atoms with Gasteiger partial charge in [0.25, 0.3) is 0 Å². The number of halogens is 2. The maximum atomic E-state index is 10.8. The summed E-state index contributed by atoms with van der Waals surface area (Å²) in [5.41, 5.74) is 45.9. The molecule has 3 aliphatic carbocycles. The number of alkyl halides is 2. The van der Waals surface area contributed by atoms with Crippen LogP contribution >= 0.6 is 23.2 Å². The number of carbonyl (C=O) groups is 13. The smallest absolute Gasteiger partial charge is 0.676 e. The van der Waals surface area contributed by atoms with Crippen LogP contribution in [0.25, 0.3) is 34.4 Å². The van der Waals surface area contributed by atoms with Crippen molar-refractivity contribution in [2.24, 2.45) is 23.7 Å². The minimum absolute atomic E-state index is 0. The second kappa shape index (κ2) is 78.6. The molecule has 3 fully saturated rings. The van der Waals surface area contributed by atoms with Crippen molar-refractivity contribution in [1.29, 1.82) is 0 Å². The van der Waals surface area contributed by atoms with Crippen molar-refractivity contribution in [3.63, 3.8) is 0 Å². The van der Waals surface area contributed by atoms with Crippen LogP contribution in [0.4, 0.5) is 0 Å². The molecule has 0 radical (unpaired) electrons. The van der Waals surface area contributed by atoms with Crippen LogP contribution in [0.3, 0.4) is 0 Å². The fourth-order valence-electron chi connectivity index (χ4n) is 9.10. The average molecular weight is 2140 g/mol. The Hall–Kier alpha value is -6.05. The van der Waals surface area contributed by atoms with Gasteiger partial charge in [0.1, 0.15) is 11.3 Å². The zero-order chi connectivity index (χ0) is 83.8. The fourth-order valence-corrected chi connectivity index (χ4v) is 9.10. The molecule has 3 saturated carbocycles. The summed E-state index contributed by atoms with van der Waals surface area (Å²) >= 11 is 9.56. The number of para-hydroxylation sites is 1. The minimum Gasteiger partial charge on any atom is -0.676 e. The fraction of sp³-hybridized carbons (Fsp3) is 0.653. The molecule has 2 aromatic rings. The van der Waals surface area contributed by atoms with Gasteiger partial charge in [-0.3, -0.25) is 24.0 Å². The van der Waals surface area contributed by atoms with Gasteiger partial charge in [-0.2, -0.15) is 36.3 Å². The molecule has 0 saturated heterocycles. The van der Waals surface area contributed by atoms with Gasteiger partial charge in [-0.05, 0) is 81.0 Å². The summed E-state index contributed by atoms with van der Waals surface area (Å²) in [5, 5.41) is 95.5. The number of aliphatic carboxylic acids is 11. The van der Waals surface area contributed by atoms with Crippen LogP contribution in [-0.2, 0) is 127 Å². The van der Waals surface area contributed by atoms with Crippen LogP contribution in [0.15, 0.2) is 48.5 Å². The quantitative estimate of drug-likeness (QED) is 0.0225. The summed E-state index contributed by atoms with van der Waals surface area (Å²) in [6.45, 7) is 19.4. The van der Waals surface area contributed by atoms with E-state index in [0.717, 1.165) is 128 Å². The van der Waals surface area contributed by atoms with E-state index in [1.807, 2.05) is 65.8 Å². The normalized spacial score (nSPS) is 16.2. The summed E-state index contributed by atoms with van der Waals surface area (Å²) < 4.78 is 4.69. The molecule has 0 heterocycles. The van der Waals surface area contributed by atoms with Gasteiger partial charge in [0.05, 0.1) is 23.7 Å². The van der Waals surface area contributed by atoms with Crippen LogP contribution < -0.4 is 4.74 Å². The van der Waals surface area contributed by atoms with Gasteiger partial charge in [0, 0.05) is 6.92 Å². The molecule has 0 aliphatic heterocycles. The van der Waals surface area contributed by atoms with E-state index in [-0.39, 0.29) is 129 Å². The monoisotopic (exact) mass is 2140 g/mol. The molecule has 37 heteroatoms. The molecule has 18 N–H and O–H groups in total. The first kappa shape index (κ1) is 124. The van der Waals surface area contributed by atoms with Gasteiger partial charge in [0.15, 0.2) is 0 Å². The molecule has 0 spiro atoms. The molecule has 7 atom stereocenters. The van der Waals surface area contributed by atoms with Crippen LogP contribution in [0.5, 0.6) is 5.75 Å². The van der Waals surface area contributed by atoms with Crippen LogP contribution in [0.2, 0.25) is 0 Å². The molecule has 3 aliphatic rings. The second-order valence-corrected chi connectivity index (χ2v) is 25.7. The van der Waals surface area contributed by atoms with Gasteiger partial charge < -0.3 is 100 Å². The average Bonchev–Trinajstić information content (AvgIpc) is 0.875. The Labute approximate surface area is 693 Å². The van der Waals surface area contributed by atoms with Crippen molar-refractivity contribution >= 4 is 101 Å². The Balaban J connectivity index is -0.000000124. The third-order valence-corrected chi connectivity index (χ3v) is 15.1. The zero-order valence-electron chi connectivity index (χ0n) is 63.5. The number of carboxylic acids is 12. The van der Waals surface area contributed by atoms with Crippen molar-refractivity contribution in [2.75, 3.05) is 0 Å². The number of nitrogens with one attached hydrogen (secondary N) is 6. The van der Waals surface area contributed by atoms with Crippen molar-refractivity contribution in [3.05, 3.63) is 99.6 Å². The molecule has 5 rings (SSSR count). The molecule has 636 valence electrons. The summed E-state index contributed by atoms with van der Waals surface area (Å²) in [4.78, 5) is 126. The van der Waals surface area contributed by atoms with Crippen molar-refractivity contribution in [2.45, 2.75) is 277 Å². The van der Waals surface area contributed by atoms with E-state index < -0.39 is 88.4 Å². The van der Waals surface area contributed by atoms with E-state index in [9.17, 15) is 33.6 Å². The number of benzene rings is 2. The predicted octanol–water partition coefficient (Wildman–Crippen LogP) is 16.8. The van der Waals surface area contributed by atoms with Gasteiger partial charge in [-0.15, -0.1) is 0 Å². The Morgan fingerprint density at radius 2 is 0.615 bits per heavy atom. The van der Waals surface area contributed by atoms with Crippen molar-refractivity contribution < 1.29 is 192 Å². The summed E-state index contributed by atoms with van der Waals surface area (Å²) in [6.07, 6.45) is 24.5. The van der Waals surface area contributed by atoms with Gasteiger partial charge in [-0.1, -0.05) is 231 Å². The number of esters is 1. The minimum atomic E-state index is -1.82. The molecule has 0 bridgehead atoms. The Kier molecular flexibility index (Phi) is 89.4. The third kappa shape index (κ3) is 78.4. The van der Waals surface area contributed by atoms with Crippen LogP contribution in [0.1, 0.15) is 251 Å². The van der Waals surface area contributed by atoms with E-state index >= 15 is 0 Å².